The zero-order valence-corrected chi connectivity index (χ0v) is 13.9. The van der Waals surface area contributed by atoms with Gasteiger partial charge in [-0.2, -0.15) is 0 Å². The quantitative estimate of drug-likeness (QED) is 0.730. The molecule has 0 fully saturated rings. The first-order chi connectivity index (χ1) is 9.60. The Bertz CT molecular complexity index is 348. The van der Waals surface area contributed by atoms with Gasteiger partial charge in [0.05, 0.1) is 0 Å². The molecule has 0 aliphatic heterocycles. The summed E-state index contributed by atoms with van der Waals surface area (Å²) in [6.07, 6.45) is 1.22. The molecule has 1 rings (SSSR count). The molecule has 0 aliphatic rings. The summed E-state index contributed by atoms with van der Waals surface area (Å²) in [7, 11) is 0. The normalized spacial score (nSPS) is 14.8. The predicted molar refractivity (Wildman–Crippen MR) is 89.0 cm³/mol. The average Bonchev–Trinajstić information content (AvgIpc) is 2.45. The lowest BCUT2D eigenvalue weighted by Gasteiger charge is -2.33. The number of nitrogens with zero attached hydrogens (tertiary/aromatic N) is 1. The van der Waals surface area contributed by atoms with Crippen LogP contribution in [0.3, 0.4) is 0 Å². The van der Waals surface area contributed by atoms with E-state index in [0.29, 0.717) is 18.0 Å². The summed E-state index contributed by atoms with van der Waals surface area (Å²) in [4.78, 5) is 2.60. The van der Waals surface area contributed by atoms with E-state index in [0.717, 1.165) is 13.1 Å². The van der Waals surface area contributed by atoms with Gasteiger partial charge in [0.15, 0.2) is 0 Å². The van der Waals surface area contributed by atoms with Gasteiger partial charge in [-0.25, -0.2) is 0 Å². The fourth-order valence-electron chi connectivity index (χ4n) is 2.85. The van der Waals surface area contributed by atoms with Crippen LogP contribution in [0, 0.1) is 5.92 Å². The van der Waals surface area contributed by atoms with Gasteiger partial charge in [0.25, 0.3) is 0 Å². The molecule has 1 aromatic carbocycles. The minimum atomic E-state index is 0.444. The Morgan fingerprint density at radius 3 is 2.20 bits per heavy atom. The first kappa shape index (κ1) is 17.2. The highest BCUT2D eigenvalue weighted by Gasteiger charge is 2.21. The van der Waals surface area contributed by atoms with E-state index in [2.05, 4.69) is 75.2 Å². The van der Waals surface area contributed by atoms with Crippen molar-refractivity contribution in [3.8, 4) is 0 Å². The number of nitrogens with one attached hydrogen (secondary N) is 1. The second-order valence-electron chi connectivity index (χ2n) is 6.01. The lowest BCUT2D eigenvalue weighted by molar-refractivity contribution is 0.174. The largest absolute Gasteiger partial charge is 0.310 e. The monoisotopic (exact) mass is 276 g/mol. The average molecular weight is 276 g/mol. The summed E-state index contributed by atoms with van der Waals surface area (Å²) in [6.45, 7) is 14.8. The minimum absolute atomic E-state index is 0.444. The van der Waals surface area contributed by atoms with Gasteiger partial charge in [-0.05, 0) is 44.8 Å². The van der Waals surface area contributed by atoms with Crippen molar-refractivity contribution < 1.29 is 0 Å². The Hall–Kier alpha value is -0.860. The molecule has 2 heteroatoms. The second-order valence-corrected chi connectivity index (χ2v) is 6.01. The van der Waals surface area contributed by atoms with Crippen LogP contribution in [-0.2, 0) is 0 Å². The first-order valence-corrected chi connectivity index (χ1v) is 8.12. The van der Waals surface area contributed by atoms with E-state index in [1.807, 2.05) is 0 Å². The highest BCUT2D eigenvalue weighted by atomic mass is 15.1. The zero-order chi connectivity index (χ0) is 15.0. The molecule has 2 unspecified atom stereocenters. The molecular formula is C18H32N2. The Labute approximate surface area is 125 Å². The molecule has 0 heterocycles. The van der Waals surface area contributed by atoms with Crippen molar-refractivity contribution in [2.24, 2.45) is 5.92 Å². The van der Waals surface area contributed by atoms with E-state index in [4.69, 9.17) is 0 Å². The van der Waals surface area contributed by atoms with Crippen molar-refractivity contribution in [1.82, 2.24) is 10.2 Å². The summed E-state index contributed by atoms with van der Waals surface area (Å²) >= 11 is 0. The number of hydrogen-bond donors (Lipinski definition) is 1. The third-order valence-electron chi connectivity index (χ3n) is 3.92. The van der Waals surface area contributed by atoms with E-state index in [-0.39, 0.29) is 0 Å². The molecule has 20 heavy (non-hydrogen) atoms. The smallest absolute Gasteiger partial charge is 0.0358 e. The van der Waals surface area contributed by atoms with Crippen molar-refractivity contribution >= 4 is 0 Å². The molecule has 0 aliphatic carbocycles. The maximum atomic E-state index is 3.66. The molecule has 0 aromatic heterocycles. The van der Waals surface area contributed by atoms with Crippen molar-refractivity contribution in [3.05, 3.63) is 35.9 Å². The van der Waals surface area contributed by atoms with Crippen LogP contribution in [0.1, 0.15) is 52.6 Å². The van der Waals surface area contributed by atoms with E-state index in [1.165, 1.54) is 18.5 Å². The topological polar surface area (TPSA) is 15.3 Å². The lowest BCUT2D eigenvalue weighted by atomic mass is 9.93. The summed E-state index contributed by atoms with van der Waals surface area (Å²) in [6, 6.07) is 11.9. The van der Waals surface area contributed by atoms with Gasteiger partial charge >= 0.3 is 0 Å². The van der Waals surface area contributed by atoms with Gasteiger partial charge in [-0.3, -0.25) is 0 Å². The standard InChI is InChI=1S/C18H32N2/c1-6-13-20(15(3)4)14-16(5)18(19-7-2)17-11-9-8-10-12-17/h8-12,15-16,18-19H,6-7,13-14H2,1-5H3. The predicted octanol–water partition coefficient (Wildman–Crippen LogP) is 4.09. The van der Waals surface area contributed by atoms with Crippen LogP contribution in [0.15, 0.2) is 30.3 Å². The summed E-state index contributed by atoms with van der Waals surface area (Å²) in [5.41, 5.74) is 1.40. The first-order valence-electron chi connectivity index (χ1n) is 8.12. The van der Waals surface area contributed by atoms with Crippen molar-refractivity contribution in [3.63, 3.8) is 0 Å². The fourth-order valence-corrected chi connectivity index (χ4v) is 2.85. The number of benzene rings is 1. The molecule has 114 valence electrons. The van der Waals surface area contributed by atoms with Crippen molar-refractivity contribution in [2.75, 3.05) is 19.6 Å². The highest BCUT2D eigenvalue weighted by Crippen LogP contribution is 2.23. The Kier molecular flexibility index (Phi) is 7.86. The van der Waals surface area contributed by atoms with Gasteiger partial charge in [-0.1, -0.05) is 51.1 Å². The molecular weight excluding hydrogens is 244 g/mol. The van der Waals surface area contributed by atoms with Crippen molar-refractivity contribution in [1.29, 1.82) is 0 Å². The number of hydrogen-bond acceptors (Lipinski definition) is 2. The maximum Gasteiger partial charge on any atom is 0.0358 e. The van der Waals surface area contributed by atoms with E-state index >= 15 is 0 Å². The number of rotatable bonds is 9. The Morgan fingerprint density at radius 1 is 1.05 bits per heavy atom. The molecule has 2 nitrogen and oxygen atoms in total. The highest BCUT2D eigenvalue weighted by molar-refractivity contribution is 5.19. The van der Waals surface area contributed by atoms with Crippen LogP contribution in [-0.4, -0.2) is 30.6 Å². The zero-order valence-electron chi connectivity index (χ0n) is 13.9. The van der Waals surface area contributed by atoms with E-state index in [9.17, 15) is 0 Å². The molecule has 0 amide bonds. The molecule has 1 aromatic rings. The van der Waals surface area contributed by atoms with Gasteiger partial charge in [0.1, 0.15) is 0 Å². The van der Waals surface area contributed by atoms with Crippen LogP contribution < -0.4 is 5.32 Å². The molecule has 2 atom stereocenters. The van der Waals surface area contributed by atoms with Crippen LogP contribution in [0.4, 0.5) is 0 Å². The SMILES string of the molecule is CCCN(CC(C)C(NCC)c1ccccc1)C(C)C. The van der Waals surface area contributed by atoms with Gasteiger partial charge in [0.2, 0.25) is 0 Å². The van der Waals surface area contributed by atoms with Gasteiger partial charge in [0, 0.05) is 18.6 Å². The second kappa shape index (κ2) is 9.15. The van der Waals surface area contributed by atoms with Crippen LogP contribution in [0.25, 0.3) is 0 Å². The maximum absolute atomic E-state index is 3.66. The summed E-state index contributed by atoms with van der Waals surface area (Å²) in [5, 5.41) is 3.66. The third kappa shape index (κ3) is 5.26. The van der Waals surface area contributed by atoms with Crippen molar-refractivity contribution in [2.45, 2.75) is 53.1 Å². The van der Waals surface area contributed by atoms with Crippen LogP contribution in [0.2, 0.25) is 0 Å². The summed E-state index contributed by atoms with van der Waals surface area (Å²) in [5.74, 6) is 0.603. The van der Waals surface area contributed by atoms with Crippen LogP contribution >= 0.6 is 0 Å². The van der Waals surface area contributed by atoms with E-state index in [1.54, 1.807) is 0 Å². The molecule has 0 bridgehead atoms. The molecule has 0 saturated carbocycles. The third-order valence-corrected chi connectivity index (χ3v) is 3.92. The molecule has 0 radical (unpaired) electrons. The minimum Gasteiger partial charge on any atom is -0.310 e. The van der Waals surface area contributed by atoms with E-state index < -0.39 is 0 Å². The summed E-state index contributed by atoms with van der Waals surface area (Å²) < 4.78 is 0. The fraction of sp³-hybridized carbons (Fsp3) is 0.667. The Balaban J connectivity index is 2.75. The molecule has 1 N–H and O–H groups in total. The Morgan fingerprint density at radius 2 is 1.70 bits per heavy atom. The molecule has 0 saturated heterocycles. The van der Waals surface area contributed by atoms with Gasteiger partial charge < -0.3 is 10.2 Å². The molecule has 0 spiro atoms. The lowest BCUT2D eigenvalue weighted by Crippen LogP contribution is -2.39. The van der Waals surface area contributed by atoms with Crippen LogP contribution in [0.5, 0.6) is 0 Å². The van der Waals surface area contributed by atoms with Gasteiger partial charge in [-0.15, -0.1) is 0 Å².